The van der Waals surface area contributed by atoms with Crippen LogP contribution in [-0.4, -0.2) is 33.5 Å². The van der Waals surface area contributed by atoms with Gasteiger partial charge in [0.25, 0.3) is 5.91 Å². The molecule has 0 bridgehead atoms. The molecule has 3 aromatic rings. The Labute approximate surface area is 223 Å². The molecule has 5 rings (SSSR count). The molecule has 1 amide bonds. The third-order valence-corrected chi connectivity index (χ3v) is 8.03. The second-order valence-electron chi connectivity index (χ2n) is 10.2. The molecule has 194 valence electrons. The first-order chi connectivity index (χ1) is 18.0. The van der Waals surface area contributed by atoms with Gasteiger partial charge in [-0.1, -0.05) is 80.3 Å². The standard InChI is InChI=1S/C30H34ClN3O3/c1-2-3-19-37-27-26-29(36)33(21-22-9-5-4-6-10-22)17-18-34(26)25(32-28(27)35)20-30(15-7-8-16-30)23-11-13-24(31)14-12-23/h4-6,9-14H,2-3,7-8,15-21H2,1H3. The van der Waals surface area contributed by atoms with Crippen LogP contribution in [-0.2, 0) is 24.9 Å². The van der Waals surface area contributed by atoms with Crippen molar-refractivity contribution in [1.29, 1.82) is 0 Å². The molecular weight excluding hydrogens is 486 g/mol. The van der Waals surface area contributed by atoms with Crippen LogP contribution in [0.5, 0.6) is 5.75 Å². The molecule has 1 aliphatic carbocycles. The minimum atomic E-state index is -0.448. The number of hydrogen-bond acceptors (Lipinski definition) is 4. The zero-order chi connectivity index (χ0) is 25.8. The summed E-state index contributed by atoms with van der Waals surface area (Å²) >= 11 is 6.18. The smallest absolute Gasteiger partial charge is 0.316 e. The van der Waals surface area contributed by atoms with Gasteiger partial charge >= 0.3 is 5.56 Å². The van der Waals surface area contributed by atoms with Crippen LogP contribution in [0.1, 0.15) is 72.9 Å². The van der Waals surface area contributed by atoms with Crippen molar-refractivity contribution >= 4 is 17.5 Å². The Bertz CT molecular complexity index is 1300. The molecule has 1 aliphatic heterocycles. The molecule has 1 aromatic heterocycles. The molecule has 7 heteroatoms. The van der Waals surface area contributed by atoms with Crippen molar-refractivity contribution in [1.82, 2.24) is 14.5 Å². The van der Waals surface area contributed by atoms with E-state index in [0.29, 0.717) is 49.2 Å². The van der Waals surface area contributed by atoms with E-state index >= 15 is 0 Å². The van der Waals surface area contributed by atoms with Crippen LogP contribution in [0.3, 0.4) is 0 Å². The number of benzene rings is 2. The largest absolute Gasteiger partial charge is 0.486 e. The predicted octanol–water partition coefficient (Wildman–Crippen LogP) is 5.79. The van der Waals surface area contributed by atoms with Crippen molar-refractivity contribution < 1.29 is 9.53 Å². The lowest BCUT2D eigenvalue weighted by Gasteiger charge is -2.35. The summed E-state index contributed by atoms with van der Waals surface area (Å²) < 4.78 is 7.90. The van der Waals surface area contributed by atoms with E-state index in [9.17, 15) is 9.59 Å². The highest BCUT2D eigenvalue weighted by molar-refractivity contribution is 6.30. The maximum atomic E-state index is 13.8. The van der Waals surface area contributed by atoms with Gasteiger partial charge in [-0.3, -0.25) is 9.59 Å². The molecule has 1 saturated carbocycles. The number of halogens is 1. The number of unbranched alkanes of at least 4 members (excludes halogenated alkanes) is 1. The minimum Gasteiger partial charge on any atom is -0.486 e. The Morgan fingerprint density at radius 2 is 1.73 bits per heavy atom. The van der Waals surface area contributed by atoms with E-state index in [1.165, 1.54) is 5.56 Å². The first-order valence-electron chi connectivity index (χ1n) is 13.4. The fourth-order valence-electron chi connectivity index (χ4n) is 5.77. The van der Waals surface area contributed by atoms with Gasteiger partial charge in [0.1, 0.15) is 5.82 Å². The summed E-state index contributed by atoms with van der Waals surface area (Å²) in [6.07, 6.45) is 6.64. The molecule has 1 fully saturated rings. The number of fused-ring (bicyclic) bond motifs is 1. The average molecular weight is 520 g/mol. The lowest BCUT2D eigenvalue weighted by atomic mass is 9.76. The molecule has 0 saturated heterocycles. The normalized spacial score (nSPS) is 16.6. The summed E-state index contributed by atoms with van der Waals surface area (Å²) in [4.78, 5) is 33.5. The van der Waals surface area contributed by atoms with E-state index in [1.54, 1.807) is 0 Å². The topological polar surface area (TPSA) is 64.4 Å². The van der Waals surface area contributed by atoms with Crippen LogP contribution in [0.15, 0.2) is 59.4 Å². The SMILES string of the molecule is CCCCOc1c2n(c(CC3(c4ccc(Cl)cc4)CCCC3)nc1=O)CCN(Cc1ccccc1)C2=O. The van der Waals surface area contributed by atoms with Gasteiger partial charge in [-0.2, -0.15) is 4.98 Å². The highest BCUT2D eigenvalue weighted by atomic mass is 35.5. The highest BCUT2D eigenvalue weighted by Crippen LogP contribution is 2.44. The number of amides is 1. The number of nitrogens with zero attached hydrogens (tertiary/aromatic N) is 3. The minimum absolute atomic E-state index is 0.0897. The van der Waals surface area contributed by atoms with Crippen molar-refractivity contribution in [2.75, 3.05) is 13.2 Å². The summed E-state index contributed by atoms with van der Waals surface area (Å²) in [6, 6.07) is 18.0. The summed E-state index contributed by atoms with van der Waals surface area (Å²) in [5.74, 6) is 0.591. The van der Waals surface area contributed by atoms with E-state index in [-0.39, 0.29) is 17.1 Å². The quantitative estimate of drug-likeness (QED) is 0.336. The molecule has 0 N–H and O–H groups in total. The lowest BCUT2D eigenvalue weighted by Crippen LogP contribution is -2.44. The van der Waals surface area contributed by atoms with Crippen LogP contribution in [0.25, 0.3) is 0 Å². The summed E-state index contributed by atoms with van der Waals surface area (Å²) in [5.41, 5.74) is 2.05. The fraction of sp³-hybridized carbons (Fsp3) is 0.433. The van der Waals surface area contributed by atoms with Crippen molar-refractivity contribution in [2.45, 2.75) is 70.4 Å². The molecule has 0 radical (unpaired) electrons. The number of aromatic nitrogens is 2. The molecule has 0 spiro atoms. The molecule has 2 heterocycles. The zero-order valence-corrected chi connectivity index (χ0v) is 22.2. The predicted molar refractivity (Wildman–Crippen MR) is 145 cm³/mol. The molecule has 2 aromatic carbocycles. The van der Waals surface area contributed by atoms with Gasteiger partial charge in [0.05, 0.1) is 6.61 Å². The van der Waals surface area contributed by atoms with Crippen molar-refractivity contribution in [3.05, 3.63) is 92.6 Å². The molecule has 0 unspecified atom stereocenters. The maximum Gasteiger partial charge on any atom is 0.316 e. The third-order valence-electron chi connectivity index (χ3n) is 7.78. The van der Waals surface area contributed by atoms with Gasteiger partial charge in [-0.15, -0.1) is 0 Å². The summed E-state index contributed by atoms with van der Waals surface area (Å²) in [6.45, 7) is 4.09. The van der Waals surface area contributed by atoms with Gasteiger partial charge < -0.3 is 14.2 Å². The van der Waals surface area contributed by atoms with E-state index < -0.39 is 5.56 Å². The first kappa shape index (κ1) is 25.5. The maximum absolute atomic E-state index is 13.8. The monoisotopic (exact) mass is 519 g/mol. The van der Waals surface area contributed by atoms with Gasteiger partial charge in [0.2, 0.25) is 5.75 Å². The van der Waals surface area contributed by atoms with Gasteiger partial charge in [-0.05, 0) is 42.5 Å². The van der Waals surface area contributed by atoms with E-state index in [2.05, 4.69) is 24.0 Å². The van der Waals surface area contributed by atoms with Crippen molar-refractivity contribution in [2.24, 2.45) is 0 Å². The zero-order valence-electron chi connectivity index (χ0n) is 21.4. The van der Waals surface area contributed by atoms with E-state index in [0.717, 1.165) is 44.1 Å². The number of ether oxygens (including phenoxy) is 1. The van der Waals surface area contributed by atoms with Crippen LogP contribution >= 0.6 is 11.6 Å². The Balaban J connectivity index is 1.54. The number of rotatable bonds is 9. The van der Waals surface area contributed by atoms with Crippen molar-refractivity contribution in [3.8, 4) is 5.75 Å². The molecule has 6 nitrogen and oxygen atoms in total. The molecule has 2 aliphatic rings. The molecule has 0 atom stereocenters. The molecule has 37 heavy (non-hydrogen) atoms. The van der Waals surface area contributed by atoms with Gasteiger partial charge in [0, 0.05) is 36.5 Å². The van der Waals surface area contributed by atoms with Crippen LogP contribution < -0.4 is 10.3 Å². The van der Waals surface area contributed by atoms with Gasteiger partial charge in [-0.25, -0.2) is 0 Å². The first-order valence-corrected chi connectivity index (χ1v) is 13.7. The van der Waals surface area contributed by atoms with Crippen molar-refractivity contribution in [3.63, 3.8) is 0 Å². The third kappa shape index (κ3) is 5.30. The Morgan fingerprint density at radius 3 is 2.43 bits per heavy atom. The van der Waals surface area contributed by atoms with Crippen LogP contribution in [0.2, 0.25) is 5.02 Å². The number of carbonyl (C=O) groups excluding carboxylic acids is 1. The Morgan fingerprint density at radius 1 is 1.00 bits per heavy atom. The average Bonchev–Trinajstić information content (AvgIpc) is 3.38. The van der Waals surface area contributed by atoms with Crippen LogP contribution in [0.4, 0.5) is 0 Å². The van der Waals surface area contributed by atoms with Crippen LogP contribution in [0, 0.1) is 0 Å². The second-order valence-corrected chi connectivity index (χ2v) is 10.7. The number of carbonyl (C=O) groups is 1. The highest BCUT2D eigenvalue weighted by Gasteiger charge is 2.39. The second kappa shape index (κ2) is 11.1. The summed E-state index contributed by atoms with van der Waals surface area (Å²) in [5, 5.41) is 0.710. The fourth-order valence-corrected chi connectivity index (χ4v) is 5.90. The van der Waals surface area contributed by atoms with E-state index in [1.807, 2.05) is 51.9 Å². The number of hydrogen-bond donors (Lipinski definition) is 0. The Hall–Kier alpha value is -3.12. The molecular formula is C30H34ClN3O3. The lowest BCUT2D eigenvalue weighted by molar-refractivity contribution is 0.0676. The summed E-state index contributed by atoms with van der Waals surface area (Å²) in [7, 11) is 0. The van der Waals surface area contributed by atoms with Gasteiger partial charge in [0.15, 0.2) is 5.69 Å². The Kier molecular flexibility index (Phi) is 7.65. The van der Waals surface area contributed by atoms with E-state index in [4.69, 9.17) is 16.3 Å².